The van der Waals surface area contributed by atoms with Crippen LogP contribution in [0.2, 0.25) is 0 Å². The summed E-state index contributed by atoms with van der Waals surface area (Å²) in [5, 5.41) is 3.03. The Bertz CT molecular complexity index is 776. The predicted octanol–water partition coefficient (Wildman–Crippen LogP) is 4.04. The molecule has 1 unspecified atom stereocenters. The fourth-order valence-electron chi connectivity index (χ4n) is 3.17. The van der Waals surface area contributed by atoms with Gasteiger partial charge in [-0.25, -0.2) is 4.39 Å². The number of nitrogens with one attached hydrogen (secondary N) is 1. The van der Waals surface area contributed by atoms with Crippen molar-refractivity contribution in [2.45, 2.75) is 32.7 Å². The average Bonchev–Trinajstić information content (AvgIpc) is 2.98. The number of amides is 1. The third-order valence-electron chi connectivity index (χ3n) is 4.29. The van der Waals surface area contributed by atoms with Crippen molar-refractivity contribution in [2.24, 2.45) is 0 Å². The predicted molar refractivity (Wildman–Crippen MR) is 93.7 cm³/mol. The van der Waals surface area contributed by atoms with Gasteiger partial charge in [0.2, 0.25) is 0 Å². The fraction of sp³-hybridized carbons (Fsp3) is 0.350. The van der Waals surface area contributed by atoms with Crippen molar-refractivity contribution in [2.75, 3.05) is 13.2 Å². The van der Waals surface area contributed by atoms with Gasteiger partial charge in [-0.1, -0.05) is 6.07 Å². The van der Waals surface area contributed by atoms with Crippen molar-refractivity contribution >= 4 is 5.91 Å². The topological polar surface area (TPSA) is 47.6 Å². The molecule has 2 aromatic carbocycles. The molecule has 1 amide bonds. The number of hydrogen-bond acceptors (Lipinski definition) is 3. The number of fused-ring (bicyclic) bond motifs is 1. The normalized spacial score (nSPS) is 15.6. The third kappa shape index (κ3) is 3.76. The SMILES string of the molecule is CCOc1ccc(C(=O)NC2CCc3cc(F)ccc32)cc1OCC. The van der Waals surface area contributed by atoms with E-state index in [1.807, 2.05) is 13.8 Å². The molecule has 132 valence electrons. The summed E-state index contributed by atoms with van der Waals surface area (Å²) in [7, 11) is 0. The summed E-state index contributed by atoms with van der Waals surface area (Å²) in [6.45, 7) is 4.81. The second kappa shape index (κ2) is 7.55. The largest absolute Gasteiger partial charge is 0.490 e. The summed E-state index contributed by atoms with van der Waals surface area (Å²) < 4.78 is 24.4. The Kier molecular flexibility index (Phi) is 5.22. The number of benzene rings is 2. The van der Waals surface area contributed by atoms with Gasteiger partial charge in [-0.3, -0.25) is 4.79 Å². The second-order valence-electron chi connectivity index (χ2n) is 5.94. The zero-order valence-corrected chi connectivity index (χ0v) is 14.5. The quantitative estimate of drug-likeness (QED) is 0.861. The number of carbonyl (C=O) groups excluding carboxylic acids is 1. The Morgan fingerprint density at radius 3 is 2.64 bits per heavy atom. The van der Waals surface area contributed by atoms with Crippen LogP contribution < -0.4 is 14.8 Å². The first kappa shape index (κ1) is 17.3. The van der Waals surface area contributed by atoms with Crippen LogP contribution in [0.1, 0.15) is 47.8 Å². The molecule has 0 radical (unpaired) electrons. The van der Waals surface area contributed by atoms with Crippen LogP contribution in [0.15, 0.2) is 36.4 Å². The Labute approximate surface area is 147 Å². The van der Waals surface area contributed by atoms with Crippen molar-refractivity contribution < 1.29 is 18.7 Å². The summed E-state index contributed by atoms with van der Waals surface area (Å²) in [6.07, 6.45) is 1.55. The minimum atomic E-state index is -0.237. The summed E-state index contributed by atoms with van der Waals surface area (Å²) in [4.78, 5) is 12.6. The molecule has 1 N–H and O–H groups in total. The highest BCUT2D eigenvalue weighted by Gasteiger charge is 2.25. The molecule has 0 heterocycles. The Balaban J connectivity index is 1.77. The number of aryl methyl sites for hydroxylation is 1. The second-order valence-corrected chi connectivity index (χ2v) is 5.94. The van der Waals surface area contributed by atoms with Crippen LogP contribution in [0.25, 0.3) is 0 Å². The molecule has 0 aromatic heterocycles. The smallest absolute Gasteiger partial charge is 0.251 e. The molecule has 0 fully saturated rings. The molecule has 2 aromatic rings. The molecule has 1 aliphatic carbocycles. The van der Waals surface area contributed by atoms with E-state index in [9.17, 15) is 9.18 Å². The van der Waals surface area contributed by atoms with Gasteiger partial charge in [0.25, 0.3) is 5.91 Å². The van der Waals surface area contributed by atoms with Crippen LogP contribution >= 0.6 is 0 Å². The molecule has 5 heteroatoms. The van der Waals surface area contributed by atoms with E-state index in [0.717, 1.165) is 24.0 Å². The van der Waals surface area contributed by atoms with Gasteiger partial charge in [0, 0.05) is 5.56 Å². The Morgan fingerprint density at radius 1 is 1.12 bits per heavy atom. The fourth-order valence-corrected chi connectivity index (χ4v) is 3.17. The van der Waals surface area contributed by atoms with Crippen LogP contribution in [-0.2, 0) is 6.42 Å². The first-order valence-corrected chi connectivity index (χ1v) is 8.61. The van der Waals surface area contributed by atoms with Crippen molar-refractivity contribution in [1.82, 2.24) is 5.32 Å². The number of ether oxygens (including phenoxy) is 2. The number of rotatable bonds is 6. The highest BCUT2D eigenvalue weighted by molar-refractivity contribution is 5.95. The van der Waals surface area contributed by atoms with E-state index in [1.165, 1.54) is 6.07 Å². The minimum Gasteiger partial charge on any atom is -0.490 e. The van der Waals surface area contributed by atoms with Gasteiger partial charge in [0.15, 0.2) is 11.5 Å². The highest BCUT2D eigenvalue weighted by atomic mass is 19.1. The van der Waals surface area contributed by atoms with Gasteiger partial charge < -0.3 is 14.8 Å². The van der Waals surface area contributed by atoms with Gasteiger partial charge >= 0.3 is 0 Å². The van der Waals surface area contributed by atoms with Crippen LogP contribution in [0.4, 0.5) is 4.39 Å². The third-order valence-corrected chi connectivity index (χ3v) is 4.29. The molecular weight excluding hydrogens is 321 g/mol. The molecular formula is C20H22FNO3. The number of halogens is 1. The summed E-state index contributed by atoms with van der Waals surface area (Å²) in [6, 6.07) is 9.82. The molecule has 1 atom stereocenters. The van der Waals surface area contributed by atoms with Gasteiger partial charge in [-0.05, 0) is 68.1 Å². The maximum absolute atomic E-state index is 13.3. The van der Waals surface area contributed by atoms with E-state index >= 15 is 0 Å². The molecule has 4 nitrogen and oxygen atoms in total. The van der Waals surface area contributed by atoms with Gasteiger partial charge in [-0.15, -0.1) is 0 Å². The number of carbonyl (C=O) groups is 1. The first-order chi connectivity index (χ1) is 12.1. The van der Waals surface area contributed by atoms with Crippen LogP contribution in [0.5, 0.6) is 11.5 Å². The standard InChI is InChI=1S/C20H22FNO3/c1-3-24-18-10-6-14(12-19(18)25-4-2)20(23)22-17-9-5-13-11-15(21)7-8-16(13)17/h6-8,10-12,17H,3-5,9H2,1-2H3,(H,22,23). The van der Waals surface area contributed by atoms with E-state index < -0.39 is 0 Å². The van der Waals surface area contributed by atoms with E-state index in [4.69, 9.17) is 9.47 Å². The molecule has 0 saturated carbocycles. The zero-order chi connectivity index (χ0) is 17.8. The summed E-state index contributed by atoms with van der Waals surface area (Å²) >= 11 is 0. The van der Waals surface area contributed by atoms with Gasteiger partial charge in [0.1, 0.15) is 5.82 Å². The van der Waals surface area contributed by atoms with E-state index in [0.29, 0.717) is 30.3 Å². The lowest BCUT2D eigenvalue weighted by molar-refractivity contribution is 0.0936. The van der Waals surface area contributed by atoms with Crippen molar-refractivity contribution in [3.63, 3.8) is 0 Å². The molecule has 25 heavy (non-hydrogen) atoms. The Hall–Kier alpha value is -2.56. The van der Waals surface area contributed by atoms with E-state index in [-0.39, 0.29) is 17.8 Å². The van der Waals surface area contributed by atoms with E-state index in [1.54, 1.807) is 30.3 Å². The first-order valence-electron chi connectivity index (χ1n) is 8.61. The molecule has 3 rings (SSSR count). The average molecular weight is 343 g/mol. The van der Waals surface area contributed by atoms with Crippen LogP contribution in [0.3, 0.4) is 0 Å². The maximum atomic E-state index is 13.3. The zero-order valence-electron chi connectivity index (χ0n) is 14.5. The minimum absolute atomic E-state index is 0.0924. The molecule has 1 aliphatic rings. The maximum Gasteiger partial charge on any atom is 0.251 e. The van der Waals surface area contributed by atoms with Crippen LogP contribution in [0, 0.1) is 5.82 Å². The monoisotopic (exact) mass is 343 g/mol. The molecule has 0 aliphatic heterocycles. The van der Waals surface area contributed by atoms with Gasteiger partial charge in [-0.2, -0.15) is 0 Å². The van der Waals surface area contributed by atoms with Crippen molar-refractivity contribution in [3.05, 3.63) is 58.9 Å². The summed E-state index contributed by atoms with van der Waals surface area (Å²) in [5.74, 6) is 0.776. The highest BCUT2D eigenvalue weighted by Crippen LogP contribution is 2.33. The lowest BCUT2D eigenvalue weighted by atomic mass is 10.1. The van der Waals surface area contributed by atoms with E-state index in [2.05, 4.69) is 5.32 Å². The molecule has 0 bridgehead atoms. The van der Waals surface area contributed by atoms with Gasteiger partial charge in [0.05, 0.1) is 19.3 Å². The summed E-state index contributed by atoms with van der Waals surface area (Å²) in [5.41, 5.74) is 2.47. The molecule has 0 saturated heterocycles. The Morgan fingerprint density at radius 2 is 1.88 bits per heavy atom. The molecule has 0 spiro atoms. The number of hydrogen-bond donors (Lipinski definition) is 1. The lowest BCUT2D eigenvalue weighted by Crippen LogP contribution is -2.27. The van der Waals surface area contributed by atoms with Crippen LogP contribution in [-0.4, -0.2) is 19.1 Å². The lowest BCUT2D eigenvalue weighted by Gasteiger charge is -2.16. The van der Waals surface area contributed by atoms with Crippen molar-refractivity contribution in [3.8, 4) is 11.5 Å². The van der Waals surface area contributed by atoms with Crippen molar-refractivity contribution in [1.29, 1.82) is 0 Å².